The highest BCUT2D eigenvalue weighted by Gasteiger charge is 2.12. The third kappa shape index (κ3) is 3.42. The zero-order valence-electron chi connectivity index (χ0n) is 13.7. The molecule has 132 valence electrons. The van der Waals surface area contributed by atoms with Crippen molar-refractivity contribution in [2.75, 3.05) is 5.43 Å². The second-order valence-electron chi connectivity index (χ2n) is 5.36. The van der Waals surface area contributed by atoms with Crippen molar-refractivity contribution in [3.05, 3.63) is 70.3 Å². The summed E-state index contributed by atoms with van der Waals surface area (Å²) in [5.74, 6) is 0.601. The Labute approximate surface area is 151 Å². The van der Waals surface area contributed by atoms with Crippen molar-refractivity contribution in [3.63, 3.8) is 0 Å². The predicted octanol–water partition coefficient (Wildman–Crippen LogP) is 1.94. The first-order valence-corrected chi connectivity index (χ1v) is 7.76. The molecule has 0 aliphatic heterocycles. The second kappa shape index (κ2) is 6.92. The van der Waals surface area contributed by atoms with Gasteiger partial charge in [0.1, 0.15) is 5.69 Å². The fourth-order valence-corrected chi connectivity index (χ4v) is 2.32. The smallest absolute Gasteiger partial charge is 0.259 e. The highest BCUT2D eigenvalue weighted by Crippen LogP contribution is 2.23. The molecule has 0 saturated carbocycles. The lowest BCUT2D eigenvalue weighted by Gasteiger charge is -2.06. The summed E-state index contributed by atoms with van der Waals surface area (Å²) < 4.78 is 1.23. The van der Waals surface area contributed by atoms with Gasteiger partial charge >= 0.3 is 0 Å². The van der Waals surface area contributed by atoms with Crippen LogP contribution < -0.4 is 5.43 Å². The van der Waals surface area contributed by atoms with E-state index in [1.165, 1.54) is 23.0 Å². The van der Waals surface area contributed by atoms with Crippen molar-refractivity contribution >= 4 is 23.5 Å². The fraction of sp³-hybridized carbons (Fsp3) is 0. The highest BCUT2D eigenvalue weighted by molar-refractivity contribution is 5.81. The number of aromatic nitrogens is 6. The van der Waals surface area contributed by atoms with Crippen LogP contribution >= 0.6 is 0 Å². The van der Waals surface area contributed by atoms with Gasteiger partial charge in [0.25, 0.3) is 11.5 Å². The Morgan fingerprint density at radius 3 is 2.63 bits per heavy atom. The van der Waals surface area contributed by atoms with Crippen LogP contribution in [0.25, 0.3) is 17.0 Å². The number of anilines is 1. The van der Waals surface area contributed by atoms with Crippen molar-refractivity contribution in [2.24, 2.45) is 5.10 Å². The Hall–Kier alpha value is -4.28. The largest absolute Gasteiger partial charge is 0.293 e. The molecule has 0 aliphatic carbocycles. The van der Waals surface area contributed by atoms with Crippen LogP contribution in [-0.4, -0.2) is 41.4 Å². The molecule has 2 aromatic carbocycles. The second-order valence-corrected chi connectivity index (χ2v) is 5.36. The zero-order chi connectivity index (χ0) is 18.6. The van der Waals surface area contributed by atoms with Crippen molar-refractivity contribution in [3.8, 4) is 11.3 Å². The van der Waals surface area contributed by atoms with Crippen LogP contribution in [0.3, 0.4) is 0 Å². The van der Waals surface area contributed by atoms with Gasteiger partial charge in [-0.15, -0.1) is 5.10 Å². The van der Waals surface area contributed by atoms with Gasteiger partial charge < -0.3 is 0 Å². The van der Waals surface area contributed by atoms with Crippen LogP contribution in [-0.2, 0) is 0 Å². The van der Waals surface area contributed by atoms with E-state index >= 15 is 0 Å². The first kappa shape index (κ1) is 16.2. The number of nitrogens with zero attached hydrogens (tertiary/aromatic N) is 8. The minimum atomic E-state index is -0.456. The van der Waals surface area contributed by atoms with Crippen molar-refractivity contribution < 1.29 is 4.92 Å². The topological polar surface area (TPSA) is 136 Å². The quantitative estimate of drug-likeness (QED) is 0.323. The van der Waals surface area contributed by atoms with Gasteiger partial charge in [-0.05, 0) is 28.1 Å². The van der Waals surface area contributed by atoms with Crippen molar-refractivity contribution in [2.45, 2.75) is 0 Å². The van der Waals surface area contributed by atoms with Gasteiger partial charge in [-0.25, -0.2) is 0 Å². The Balaban J connectivity index is 1.63. The Morgan fingerprint density at radius 2 is 1.89 bits per heavy atom. The van der Waals surface area contributed by atoms with E-state index in [2.05, 4.69) is 36.1 Å². The molecule has 2 heterocycles. The molecule has 0 bridgehead atoms. The van der Waals surface area contributed by atoms with Gasteiger partial charge in [-0.2, -0.15) is 10.1 Å². The van der Waals surface area contributed by atoms with E-state index in [1.807, 2.05) is 30.3 Å². The summed E-state index contributed by atoms with van der Waals surface area (Å²) in [6, 6.07) is 15.4. The summed E-state index contributed by atoms with van der Waals surface area (Å²) in [5, 5.41) is 30.3. The van der Waals surface area contributed by atoms with E-state index in [1.54, 1.807) is 12.1 Å². The summed E-state index contributed by atoms with van der Waals surface area (Å²) in [5.41, 5.74) is 4.88. The van der Waals surface area contributed by atoms with E-state index in [0.717, 1.165) is 5.56 Å². The summed E-state index contributed by atoms with van der Waals surface area (Å²) in [7, 11) is 0. The van der Waals surface area contributed by atoms with Gasteiger partial charge in [-0.3, -0.25) is 15.5 Å². The van der Waals surface area contributed by atoms with Crippen LogP contribution in [0.2, 0.25) is 0 Å². The zero-order valence-corrected chi connectivity index (χ0v) is 13.7. The Morgan fingerprint density at radius 1 is 1.11 bits per heavy atom. The Kier molecular flexibility index (Phi) is 4.15. The molecule has 0 spiro atoms. The molecule has 1 N–H and O–H groups in total. The molecule has 0 aliphatic rings. The molecular weight excluding hydrogens is 350 g/mol. The van der Waals surface area contributed by atoms with E-state index in [0.29, 0.717) is 17.1 Å². The average molecular weight is 361 g/mol. The molecule has 0 unspecified atom stereocenters. The van der Waals surface area contributed by atoms with E-state index in [-0.39, 0.29) is 11.5 Å². The lowest BCUT2D eigenvalue weighted by molar-refractivity contribution is -0.384. The minimum absolute atomic E-state index is 0.0158. The number of tetrazole rings is 1. The summed E-state index contributed by atoms with van der Waals surface area (Å²) in [6.07, 6.45) is 1.52. The number of hydrazone groups is 1. The van der Waals surface area contributed by atoms with Gasteiger partial charge in [0.15, 0.2) is 5.82 Å². The standard InChI is InChI=1S/C16H11N9O2/c26-25(27)13-8-6-11(7-9-13)10-17-19-15-14(12-4-2-1-3-5-12)21-24-16(18-15)20-22-23-24/h1-10H,(H,18,19,20,23)/b17-10+. The predicted molar refractivity (Wildman–Crippen MR) is 96.1 cm³/mol. The number of benzene rings is 2. The molecule has 2 aromatic heterocycles. The number of fused-ring (bicyclic) bond motifs is 1. The monoisotopic (exact) mass is 361 g/mol. The lowest BCUT2D eigenvalue weighted by Crippen LogP contribution is -2.05. The lowest BCUT2D eigenvalue weighted by atomic mass is 10.1. The molecule has 0 radical (unpaired) electrons. The molecule has 4 rings (SSSR count). The van der Waals surface area contributed by atoms with Gasteiger partial charge in [-0.1, -0.05) is 40.1 Å². The van der Waals surface area contributed by atoms with Gasteiger partial charge in [0.05, 0.1) is 11.1 Å². The summed E-state index contributed by atoms with van der Waals surface area (Å²) >= 11 is 0. The first-order chi connectivity index (χ1) is 13.2. The van der Waals surface area contributed by atoms with E-state index in [9.17, 15) is 10.1 Å². The minimum Gasteiger partial charge on any atom is -0.259 e. The molecule has 0 fully saturated rings. The van der Waals surface area contributed by atoms with Gasteiger partial charge in [0, 0.05) is 17.7 Å². The average Bonchev–Trinajstić information content (AvgIpc) is 3.16. The van der Waals surface area contributed by atoms with E-state index in [4.69, 9.17) is 0 Å². The molecule has 27 heavy (non-hydrogen) atoms. The van der Waals surface area contributed by atoms with Crippen LogP contribution in [0.5, 0.6) is 0 Å². The molecule has 0 saturated heterocycles. The maximum atomic E-state index is 10.7. The number of nitrogens with one attached hydrogen (secondary N) is 1. The molecule has 11 heteroatoms. The summed E-state index contributed by atoms with van der Waals surface area (Å²) in [4.78, 5) is 14.6. The Bertz CT molecular complexity index is 1120. The number of hydrogen-bond donors (Lipinski definition) is 1. The maximum Gasteiger partial charge on any atom is 0.293 e. The highest BCUT2D eigenvalue weighted by atomic mass is 16.6. The molecule has 0 amide bonds. The van der Waals surface area contributed by atoms with Crippen molar-refractivity contribution in [1.29, 1.82) is 0 Å². The maximum absolute atomic E-state index is 10.7. The molecule has 11 nitrogen and oxygen atoms in total. The van der Waals surface area contributed by atoms with Gasteiger partial charge in [0.2, 0.25) is 0 Å². The number of nitro benzene ring substituents is 1. The molecule has 4 aromatic rings. The number of nitro groups is 1. The summed E-state index contributed by atoms with van der Waals surface area (Å²) in [6.45, 7) is 0. The van der Waals surface area contributed by atoms with E-state index < -0.39 is 4.92 Å². The number of hydrogen-bond acceptors (Lipinski definition) is 9. The first-order valence-electron chi connectivity index (χ1n) is 7.76. The van der Waals surface area contributed by atoms with Crippen LogP contribution in [0.15, 0.2) is 59.7 Å². The molecule has 0 atom stereocenters. The van der Waals surface area contributed by atoms with Crippen LogP contribution in [0, 0.1) is 10.1 Å². The number of non-ortho nitro benzene ring substituents is 1. The van der Waals surface area contributed by atoms with Crippen molar-refractivity contribution in [1.82, 2.24) is 30.2 Å². The number of rotatable bonds is 5. The third-order valence-electron chi connectivity index (χ3n) is 3.60. The van der Waals surface area contributed by atoms with Crippen LogP contribution in [0.1, 0.15) is 5.56 Å². The molecular formula is C16H11N9O2. The normalized spacial score (nSPS) is 11.1. The third-order valence-corrected chi connectivity index (χ3v) is 3.60. The van der Waals surface area contributed by atoms with Crippen LogP contribution in [0.4, 0.5) is 11.5 Å². The SMILES string of the molecule is O=[N+]([O-])c1ccc(/C=N/Nc2nc3nnnn3nc2-c2ccccc2)cc1. The fourth-order valence-electron chi connectivity index (χ4n) is 2.32.